The number of aromatic nitrogens is 3. The second-order valence-electron chi connectivity index (χ2n) is 4.24. The van der Waals surface area contributed by atoms with Gasteiger partial charge in [0.15, 0.2) is 5.82 Å². The standard InChI is InChI=1S/C15H12N4O/c16-13(20)15-17-14(11-7-3-1-4-8-11)18-19(15)12-9-5-2-6-10-12/h1-10H,(H2,16,20). The molecule has 20 heavy (non-hydrogen) atoms. The SMILES string of the molecule is NC(=O)c1nc(-c2ccccc2)nn1-c1ccccc1. The van der Waals surface area contributed by atoms with Gasteiger partial charge in [-0.05, 0) is 12.1 Å². The molecule has 2 N–H and O–H groups in total. The van der Waals surface area contributed by atoms with E-state index in [1.807, 2.05) is 60.7 Å². The highest BCUT2D eigenvalue weighted by Gasteiger charge is 2.16. The maximum Gasteiger partial charge on any atom is 0.286 e. The quantitative estimate of drug-likeness (QED) is 0.786. The van der Waals surface area contributed by atoms with Gasteiger partial charge in [0, 0.05) is 5.56 Å². The summed E-state index contributed by atoms with van der Waals surface area (Å²) in [5.41, 5.74) is 6.97. The summed E-state index contributed by atoms with van der Waals surface area (Å²) in [5.74, 6) is -0.0122. The second-order valence-corrected chi connectivity index (χ2v) is 4.24. The van der Waals surface area contributed by atoms with Gasteiger partial charge in [-0.3, -0.25) is 4.79 Å². The zero-order valence-corrected chi connectivity index (χ0v) is 10.6. The summed E-state index contributed by atoms with van der Waals surface area (Å²) in [5, 5.41) is 4.38. The fraction of sp³-hybridized carbons (Fsp3) is 0. The van der Waals surface area contributed by atoms with Crippen molar-refractivity contribution in [3.05, 3.63) is 66.5 Å². The van der Waals surface area contributed by atoms with Gasteiger partial charge in [-0.2, -0.15) is 0 Å². The molecule has 0 bridgehead atoms. The first-order valence-corrected chi connectivity index (χ1v) is 6.13. The van der Waals surface area contributed by atoms with Crippen molar-refractivity contribution in [3.63, 3.8) is 0 Å². The average molecular weight is 264 g/mol. The smallest absolute Gasteiger partial charge is 0.286 e. The normalized spacial score (nSPS) is 10.4. The first-order valence-electron chi connectivity index (χ1n) is 6.13. The minimum Gasteiger partial charge on any atom is -0.363 e. The van der Waals surface area contributed by atoms with Crippen molar-refractivity contribution < 1.29 is 4.79 Å². The number of hydrogen-bond acceptors (Lipinski definition) is 3. The van der Waals surface area contributed by atoms with E-state index in [4.69, 9.17) is 5.73 Å². The lowest BCUT2D eigenvalue weighted by molar-refractivity contribution is 0.0988. The molecule has 0 atom stereocenters. The highest BCUT2D eigenvalue weighted by atomic mass is 16.1. The van der Waals surface area contributed by atoms with Crippen LogP contribution in [-0.2, 0) is 0 Å². The molecule has 0 aliphatic heterocycles. The predicted octanol–water partition coefficient (Wildman–Crippen LogP) is 2.03. The molecular formula is C15H12N4O. The zero-order valence-electron chi connectivity index (χ0n) is 10.6. The van der Waals surface area contributed by atoms with E-state index in [0.29, 0.717) is 5.82 Å². The third-order valence-corrected chi connectivity index (χ3v) is 2.86. The van der Waals surface area contributed by atoms with Crippen LogP contribution in [0.4, 0.5) is 0 Å². The average Bonchev–Trinajstić information content (AvgIpc) is 2.94. The molecule has 0 saturated heterocycles. The topological polar surface area (TPSA) is 73.8 Å². The van der Waals surface area contributed by atoms with E-state index < -0.39 is 5.91 Å². The molecule has 0 saturated carbocycles. The number of rotatable bonds is 3. The number of amides is 1. The fourth-order valence-electron chi connectivity index (χ4n) is 1.93. The van der Waals surface area contributed by atoms with E-state index in [1.54, 1.807) is 0 Å². The minimum atomic E-state index is -0.608. The van der Waals surface area contributed by atoms with Crippen molar-refractivity contribution in [2.24, 2.45) is 5.73 Å². The van der Waals surface area contributed by atoms with Gasteiger partial charge >= 0.3 is 0 Å². The predicted molar refractivity (Wildman–Crippen MR) is 75.3 cm³/mol. The lowest BCUT2D eigenvalue weighted by atomic mass is 10.2. The van der Waals surface area contributed by atoms with Crippen LogP contribution in [-0.4, -0.2) is 20.7 Å². The Hall–Kier alpha value is -2.95. The summed E-state index contributed by atoms with van der Waals surface area (Å²) in [7, 11) is 0. The summed E-state index contributed by atoms with van der Waals surface area (Å²) >= 11 is 0. The van der Waals surface area contributed by atoms with Crippen LogP contribution in [0.2, 0.25) is 0 Å². The van der Waals surface area contributed by atoms with Crippen molar-refractivity contribution >= 4 is 5.91 Å². The first-order chi connectivity index (χ1) is 9.75. The van der Waals surface area contributed by atoms with E-state index in [9.17, 15) is 4.79 Å². The molecule has 0 unspecified atom stereocenters. The van der Waals surface area contributed by atoms with Gasteiger partial charge < -0.3 is 5.73 Å². The molecule has 5 heteroatoms. The Kier molecular flexibility index (Phi) is 3.01. The number of carbonyl (C=O) groups excluding carboxylic acids is 1. The van der Waals surface area contributed by atoms with Crippen molar-refractivity contribution in [1.82, 2.24) is 14.8 Å². The Morgan fingerprint density at radius 3 is 2.15 bits per heavy atom. The van der Waals surface area contributed by atoms with Crippen LogP contribution in [0.1, 0.15) is 10.6 Å². The second kappa shape index (κ2) is 4.97. The van der Waals surface area contributed by atoms with Gasteiger partial charge in [-0.15, -0.1) is 5.10 Å². The molecule has 5 nitrogen and oxygen atoms in total. The van der Waals surface area contributed by atoms with Crippen molar-refractivity contribution in [3.8, 4) is 17.1 Å². The van der Waals surface area contributed by atoms with Crippen molar-refractivity contribution in [1.29, 1.82) is 0 Å². The molecule has 0 aliphatic carbocycles. The Morgan fingerprint density at radius 1 is 0.950 bits per heavy atom. The van der Waals surface area contributed by atoms with E-state index in [-0.39, 0.29) is 5.82 Å². The summed E-state index contributed by atoms with van der Waals surface area (Å²) in [6.45, 7) is 0. The lowest BCUT2D eigenvalue weighted by Crippen LogP contribution is -2.17. The Bertz CT molecular complexity index is 735. The monoisotopic (exact) mass is 264 g/mol. The molecule has 0 radical (unpaired) electrons. The number of nitrogens with two attached hydrogens (primary N) is 1. The maximum absolute atomic E-state index is 11.5. The van der Waals surface area contributed by atoms with Crippen LogP contribution in [0.25, 0.3) is 17.1 Å². The van der Waals surface area contributed by atoms with Gasteiger partial charge in [0.2, 0.25) is 5.82 Å². The van der Waals surface area contributed by atoms with Crippen molar-refractivity contribution in [2.45, 2.75) is 0 Å². The molecule has 3 rings (SSSR count). The first kappa shape index (κ1) is 12.1. The number of hydrogen-bond donors (Lipinski definition) is 1. The van der Waals surface area contributed by atoms with Crippen molar-refractivity contribution in [2.75, 3.05) is 0 Å². The van der Waals surface area contributed by atoms with E-state index in [0.717, 1.165) is 11.3 Å². The van der Waals surface area contributed by atoms with Gasteiger partial charge in [0.25, 0.3) is 5.91 Å². The maximum atomic E-state index is 11.5. The van der Waals surface area contributed by atoms with Gasteiger partial charge in [-0.25, -0.2) is 9.67 Å². The van der Waals surface area contributed by atoms with E-state index in [2.05, 4.69) is 10.1 Å². The Balaban J connectivity index is 2.15. The molecule has 0 aliphatic rings. The lowest BCUT2D eigenvalue weighted by Gasteiger charge is -2.01. The summed E-state index contributed by atoms with van der Waals surface area (Å²) < 4.78 is 1.46. The number of para-hydroxylation sites is 1. The third kappa shape index (κ3) is 2.16. The van der Waals surface area contributed by atoms with Gasteiger partial charge in [0.05, 0.1) is 5.69 Å². The fourth-order valence-corrected chi connectivity index (χ4v) is 1.93. The number of primary amides is 1. The highest BCUT2D eigenvalue weighted by Crippen LogP contribution is 2.17. The van der Waals surface area contributed by atoms with Crippen LogP contribution in [0.3, 0.4) is 0 Å². The van der Waals surface area contributed by atoms with Crippen LogP contribution in [0, 0.1) is 0 Å². The number of benzene rings is 2. The molecule has 3 aromatic rings. The van der Waals surface area contributed by atoms with E-state index >= 15 is 0 Å². The Labute approximate surface area is 115 Å². The van der Waals surface area contributed by atoms with Gasteiger partial charge in [-0.1, -0.05) is 48.5 Å². The molecule has 1 aromatic heterocycles. The molecule has 1 heterocycles. The molecule has 0 spiro atoms. The Morgan fingerprint density at radius 2 is 1.55 bits per heavy atom. The third-order valence-electron chi connectivity index (χ3n) is 2.86. The summed E-state index contributed by atoms with van der Waals surface area (Å²) in [4.78, 5) is 15.8. The molecule has 0 fully saturated rings. The van der Waals surface area contributed by atoms with Crippen LogP contribution in [0.5, 0.6) is 0 Å². The van der Waals surface area contributed by atoms with Crippen LogP contribution < -0.4 is 5.73 Å². The van der Waals surface area contributed by atoms with Crippen LogP contribution in [0.15, 0.2) is 60.7 Å². The minimum absolute atomic E-state index is 0.120. The van der Waals surface area contributed by atoms with Crippen LogP contribution >= 0.6 is 0 Å². The van der Waals surface area contributed by atoms with E-state index in [1.165, 1.54) is 4.68 Å². The van der Waals surface area contributed by atoms with Gasteiger partial charge in [0.1, 0.15) is 0 Å². The summed E-state index contributed by atoms with van der Waals surface area (Å²) in [6, 6.07) is 18.8. The highest BCUT2D eigenvalue weighted by molar-refractivity contribution is 5.90. The molecular weight excluding hydrogens is 252 g/mol. The largest absolute Gasteiger partial charge is 0.363 e. The molecule has 2 aromatic carbocycles. The zero-order chi connectivity index (χ0) is 13.9. The number of nitrogens with zero attached hydrogens (tertiary/aromatic N) is 3. The molecule has 98 valence electrons. The summed E-state index contributed by atoms with van der Waals surface area (Å²) in [6.07, 6.45) is 0. The number of carbonyl (C=O) groups is 1. The molecule has 1 amide bonds.